The van der Waals surface area contributed by atoms with Crippen LogP contribution in [0.25, 0.3) is 0 Å². The van der Waals surface area contributed by atoms with Crippen LogP contribution >= 0.6 is 0 Å². The van der Waals surface area contributed by atoms with Crippen molar-refractivity contribution in [3.8, 4) is 6.07 Å². The molecule has 0 radical (unpaired) electrons. The van der Waals surface area contributed by atoms with E-state index in [0.717, 1.165) is 30.6 Å². The molecule has 0 amide bonds. The summed E-state index contributed by atoms with van der Waals surface area (Å²) in [6.07, 6.45) is 2.71. The van der Waals surface area contributed by atoms with Gasteiger partial charge in [-0.15, -0.1) is 0 Å². The van der Waals surface area contributed by atoms with Gasteiger partial charge in [0.25, 0.3) is 0 Å². The smallest absolute Gasteiger partial charge is 0.154 e. The van der Waals surface area contributed by atoms with Crippen molar-refractivity contribution in [2.24, 2.45) is 5.92 Å². The lowest BCUT2D eigenvalue weighted by Crippen LogP contribution is -2.33. The number of hydrogen-bond acceptors (Lipinski definition) is 3. The third-order valence-corrected chi connectivity index (χ3v) is 4.40. The Morgan fingerprint density at radius 2 is 2.10 bits per heavy atom. The van der Waals surface area contributed by atoms with E-state index in [0.29, 0.717) is 18.4 Å². The van der Waals surface area contributed by atoms with Crippen LogP contribution in [0.1, 0.15) is 48.8 Å². The topological polar surface area (TPSA) is 50.1 Å². The molecule has 1 aromatic rings. The molecular weight excluding hydrogens is 262 g/mol. The fraction of sp³-hybridized carbons (Fsp3) is 0.556. The van der Waals surface area contributed by atoms with Gasteiger partial charge in [0.2, 0.25) is 0 Å². The molecule has 0 aromatic heterocycles. The van der Waals surface area contributed by atoms with E-state index in [1.54, 1.807) is 0 Å². The predicted molar refractivity (Wildman–Crippen MR) is 82.0 cm³/mol. The van der Waals surface area contributed by atoms with Gasteiger partial charge in [-0.2, -0.15) is 5.26 Å². The molecule has 1 aliphatic rings. The third-order valence-electron chi connectivity index (χ3n) is 4.40. The van der Waals surface area contributed by atoms with Crippen LogP contribution in [-0.2, 0) is 9.53 Å². The Balaban J connectivity index is 1.97. The maximum Gasteiger partial charge on any atom is 0.154 e. The molecule has 2 rings (SSSR count). The Morgan fingerprint density at radius 1 is 1.38 bits per heavy atom. The number of ketones is 1. The summed E-state index contributed by atoms with van der Waals surface area (Å²) in [5.41, 5.74) is 3.13. The number of Topliss-reactive ketones (excluding diaryl/α,β-unsaturated/α-hetero) is 1. The molecule has 0 aliphatic heterocycles. The number of carbonyl (C=O) groups is 1. The highest BCUT2D eigenvalue weighted by Crippen LogP contribution is 2.34. The Labute approximate surface area is 126 Å². The van der Waals surface area contributed by atoms with Crippen LogP contribution in [-0.4, -0.2) is 18.5 Å². The van der Waals surface area contributed by atoms with E-state index in [9.17, 15) is 10.1 Å². The summed E-state index contributed by atoms with van der Waals surface area (Å²) in [4.78, 5) is 12.4. The van der Waals surface area contributed by atoms with Crippen LogP contribution in [0.2, 0.25) is 0 Å². The van der Waals surface area contributed by atoms with Gasteiger partial charge in [-0.1, -0.05) is 18.2 Å². The van der Waals surface area contributed by atoms with E-state index in [1.165, 1.54) is 5.56 Å². The third kappa shape index (κ3) is 3.71. The first kappa shape index (κ1) is 15.7. The largest absolute Gasteiger partial charge is 0.378 e. The van der Waals surface area contributed by atoms with Crippen LogP contribution in [0.5, 0.6) is 0 Å². The van der Waals surface area contributed by atoms with E-state index in [-0.39, 0.29) is 5.78 Å². The average molecular weight is 285 g/mol. The minimum atomic E-state index is -0.629. The zero-order valence-electron chi connectivity index (χ0n) is 13.1. The number of nitrogens with zero attached hydrogens (tertiary/aromatic N) is 1. The zero-order valence-corrected chi connectivity index (χ0v) is 13.1. The van der Waals surface area contributed by atoms with Gasteiger partial charge in [0.05, 0.1) is 12.2 Å². The number of carbonyl (C=O) groups excluding carboxylic acids is 1. The summed E-state index contributed by atoms with van der Waals surface area (Å²) >= 11 is 0. The molecule has 0 heterocycles. The summed E-state index contributed by atoms with van der Waals surface area (Å²) in [6, 6.07) is 8.02. The second kappa shape index (κ2) is 6.87. The molecule has 1 atom stereocenters. The lowest BCUT2D eigenvalue weighted by molar-refractivity contribution is -0.122. The van der Waals surface area contributed by atoms with E-state index < -0.39 is 5.92 Å². The molecule has 3 heteroatoms. The number of benzene rings is 1. The maximum atomic E-state index is 12.4. The van der Waals surface area contributed by atoms with Crippen molar-refractivity contribution in [1.29, 1.82) is 5.26 Å². The highest BCUT2D eigenvalue weighted by molar-refractivity contribution is 5.88. The Kier molecular flexibility index (Phi) is 5.14. The number of rotatable bonds is 6. The van der Waals surface area contributed by atoms with Crippen molar-refractivity contribution in [2.75, 3.05) is 6.61 Å². The molecule has 0 N–H and O–H groups in total. The predicted octanol–water partition coefficient (Wildman–Crippen LogP) is 3.68. The minimum Gasteiger partial charge on any atom is -0.378 e. The SMILES string of the molecule is CCOC1CC(CC(=O)C(C#N)c2ccc(C)c(C)c2)C1. The van der Waals surface area contributed by atoms with Gasteiger partial charge in [0.1, 0.15) is 5.92 Å². The molecule has 1 unspecified atom stereocenters. The fourth-order valence-electron chi connectivity index (χ4n) is 2.89. The second-order valence-corrected chi connectivity index (χ2v) is 5.99. The number of aryl methyl sites for hydroxylation is 2. The maximum absolute atomic E-state index is 12.4. The average Bonchev–Trinajstić information content (AvgIpc) is 2.41. The minimum absolute atomic E-state index is 0.0423. The first-order chi connectivity index (χ1) is 10.0. The summed E-state index contributed by atoms with van der Waals surface area (Å²) in [7, 11) is 0. The van der Waals surface area contributed by atoms with Crippen LogP contribution in [0.3, 0.4) is 0 Å². The molecule has 0 saturated heterocycles. The Hall–Kier alpha value is -1.66. The quantitative estimate of drug-likeness (QED) is 0.801. The normalized spacial score (nSPS) is 22.2. The van der Waals surface area contributed by atoms with E-state index in [4.69, 9.17) is 4.74 Å². The van der Waals surface area contributed by atoms with Gasteiger partial charge in [0, 0.05) is 13.0 Å². The highest BCUT2D eigenvalue weighted by Gasteiger charge is 2.33. The van der Waals surface area contributed by atoms with Crippen molar-refractivity contribution in [2.45, 2.75) is 52.1 Å². The lowest BCUT2D eigenvalue weighted by atomic mass is 9.76. The van der Waals surface area contributed by atoms with E-state index in [2.05, 4.69) is 6.07 Å². The monoisotopic (exact) mass is 285 g/mol. The molecule has 1 fully saturated rings. The molecule has 1 aliphatic carbocycles. The van der Waals surface area contributed by atoms with Crippen molar-refractivity contribution >= 4 is 5.78 Å². The van der Waals surface area contributed by atoms with Crippen LogP contribution in [0, 0.1) is 31.1 Å². The summed E-state index contributed by atoms with van der Waals surface area (Å²) < 4.78 is 5.51. The van der Waals surface area contributed by atoms with Crippen molar-refractivity contribution in [3.05, 3.63) is 34.9 Å². The van der Waals surface area contributed by atoms with Gasteiger partial charge in [-0.3, -0.25) is 4.79 Å². The molecule has 0 bridgehead atoms. The van der Waals surface area contributed by atoms with Crippen LogP contribution in [0.15, 0.2) is 18.2 Å². The second-order valence-electron chi connectivity index (χ2n) is 5.99. The first-order valence-corrected chi connectivity index (χ1v) is 7.66. The standard InChI is InChI=1S/C18H23NO2/c1-4-21-16-8-14(9-16)10-18(20)17(11-19)15-6-5-12(2)13(3)7-15/h5-7,14,16-17H,4,8-10H2,1-3H3. The lowest BCUT2D eigenvalue weighted by Gasteiger charge is -2.34. The molecule has 21 heavy (non-hydrogen) atoms. The van der Waals surface area contributed by atoms with Crippen molar-refractivity contribution < 1.29 is 9.53 Å². The first-order valence-electron chi connectivity index (χ1n) is 7.66. The number of ether oxygens (including phenoxy) is 1. The van der Waals surface area contributed by atoms with Gasteiger partial charge >= 0.3 is 0 Å². The number of nitriles is 1. The Morgan fingerprint density at radius 3 is 2.67 bits per heavy atom. The van der Waals surface area contributed by atoms with E-state index >= 15 is 0 Å². The highest BCUT2D eigenvalue weighted by atomic mass is 16.5. The van der Waals surface area contributed by atoms with E-state index in [1.807, 2.05) is 39.0 Å². The molecule has 3 nitrogen and oxygen atoms in total. The Bertz CT molecular complexity index is 553. The van der Waals surface area contributed by atoms with Crippen molar-refractivity contribution in [3.63, 3.8) is 0 Å². The van der Waals surface area contributed by atoms with Crippen LogP contribution < -0.4 is 0 Å². The van der Waals surface area contributed by atoms with Crippen LogP contribution in [0.4, 0.5) is 0 Å². The van der Waals surface area contributed by atoms with Gasteiger partial charge in [-0.25, -0.2) is 0 Å². The van der Waals surface area contributed by atoms with Gasteiger partial charge in [0.15, 0.2) is 5.78 Å². The molecular formula is C18H23NO2. The summed E-state index contributed by atoms with van der Waals surface area (Å²) in [6.45, 7) is 6.76. The number of hydrogen-bond donors (Lipinski definition) is 0. The van der Waals surface area contributed by atoms with Gasteiger partial charge < -0.3 is 4.74 Å². The molecule has 1 aromatic carbocycles. The zero-order chi connectivity index (χ0) is 15.4. The molecule has 0 spiro atoms. The van der Waals surface area contributed by atoms with Gasteiger partial charge in [-0.05, 0) is 56.2 Å². The molecule has 112 valence electrons. The molecule has 1 saturated carbocycles. The summed E-state index contributed by atoms with van der Waals surface area (Å²) in [5.74, 6) is -0.201. The van der Waals surface area contributed by atoms with Crippen molar-refractivity contribution in [1.82, 2.24) is 0 Å². The fourth-order valence-corrected chi connectivity index (χ4v) is 2.89. The summed E-state index contributed by atoms with van der Waals surface area (Å²) in [5, 5.41) is 9.35.